The molecule has 0 fully saturated rings. The fourth-order valence-electron chi connectivity index (χ4n) is 1.36. The molecule has 0 spiro atoms. The molecule has 0 aliphatic rings. The zero-order valence-corrected chi connectivity index (χ0v) is 8.88. The second-order valence-corrected chi connectivity index (χ2v) is 3.59. The summed E-state index contributed by atoms with van der Waals surface area (Å²) >= 11 is 5.92. The largest absolute Gasteiger partial charge is 0.330 e. The van der Waals surface area contributed by atoms with Gasteiger partial charge in [-0.25, -0.2) is 0 Å². The summed E-state index contributed by atoms with van der Waals surface area (Å²) in [5, 5.41) is 5.06. The summed E-state index contributed by atoms with van der Waals surface area (Å²) < 4.78 is 1.92. The van der Waals surface area contributed by atoms with Crippen molar-refractivity contribution in [3.8, 4) is 0 Å². The summed E-state index contributed by atoms with van der Waals surface area (Å²) in [6.07, 6.45) is 3.86. The van der Waals surface area contributed by atoms with Crippen LogP contribution in [0.15, 0.2) is 6.20 Å². The van der Waals surface area contributed by atoms with Crippen molar-refractivity contribution in [2.45, 2.75) is 32.7 Å². The Morgan fingerprint density at radius 2 is 2.38 bits per heavy atom. The third-order valence-corrected chi connectivity index (χ3v) is 2.57. The van der Waals surface area contributed by atoms with E-state index in [4.69, 9.17) is 17.3 Å². The molecule has 0 amide bonds. The Kier molecular flexibility index (Phi) is 3.75. The highest BCUT2D eigenvalue weighted by Gasteiger charge is 2.10. The molecule has 1 rings (SSSR count). The predicted octanol–water partition coefficient (Wildman–Crippen LogP) is 2.14. The molecule has 2 N–H and O–H groups in total. The van der Waals surface area contributed by atoms with E-state index in [1.54, 1.807) is 0 Å². The number of nitrogens with two attached hydrogens (primary N) is 1. The van der Waals surface area contributed by atoms with Gasteiger partial charge >= 0.3 is 0 Å². The molecule has 13 heavy (non-hydrogen) atoms. The second-order valence-electron chi connectivity index (χ2n) is 3.18. The van der Waals surface area contributed by atoms with Gasteiger partial charge < -0.3 is 5.73 Å². The molecule has 0 aromatic carbocycles. The quantitative estimate of drug-likeness (QED) is 0.812. The molecule has 1 atom stereocenters. The van der Waals surface area contributed by atoms with Crippen molar-refractivity contribution >= 4 is 11.6 Å². The van der Waals surface area contributed by atoms with Gasteiger partial charge in [-0.2, -0.15) is 5.10 Å². The van der Waals surface area contributed by atoms with E-state index >= 15 is 0 Å². The fourth-order valence-corrected chi connectivity index (χ4v) is 1.50. The van der Waals surface area contributed by atoms with Crippen molar-refractivity contribution in [3.05, 3.63) is 16.9 Å². The van der Waals surface area contributed by atoms with Gasteiger partial charge in [0.1, 0.15) is 0 Å². The van der Waals surface area contributed by atoms with Crippen LogP contribution in [0.1, 0.15) is 31.5 Å². The Labute approximate surface area is 83.9 Å². The number of hydrogen-bond acceptors (Lipinski definition) is 2. The molecule has 0 saturated carbocycles. The SMILES string of the molecule is CCC(CCN)n1cc(Cl)c(C)n1. The molecule has 74 valence electrons. The molecule has 0 radical (unpaired) electrons. The normalized spacial score (nSPS) is 13.2. The van der Waals surface area contributed by atoms with Crippen molar-refractivity contribution in [1.82, 2.24) is 9.78 Å². The topological polar surface area (TPSA) is 43.8 Å². The minimum Gasteiger partial charge on any atom is -0.330 e. The van der Waals surface area contributed by atoms with Crippen LogP contribution in [0.25, 0.3) is 0 Å². The monoisotopic (exact) mass is 201 g/mol. The van der Waals surface area contributed by atoms with E-state index in [-0.39, 0.29) is 0 Å². The minimum absolute atomic E-state index is 0.385. The maximum absolute atomic E-state index is 5.92. The van der Waals surface area contributed by atoms with Gasteiger partial charge in [-0.3, -0.25) is 4.68 Å². The highest BCUT2D eigenvalue weighted by molar-refractivity contribution is 6.31. The average molecular weight is 202 g/mol. The highest BCUT2D eigenvalue weighted by atomic mass is 35.5. The molecule has 1 heterocycles. The molecule has 0 aliphatic carbocycles. The predicted molar refractivity (Wildman–Crippen MR) is 55.0 cm³/mol. The third-order valence-electron chi connectivity index (χ3n) is 2.20. The van der Waals surface area contributed by atoms with E-state index in [9.17, 15) is 0 Å². The van der Waals surface area contributed by atoms with Gasteiger partial charge in [-0.1, -0.05) is 18.5 Å². The van der Waals surface area contributed by atoms with Crippen LogP contribution in [-0.4, -0.2) is 16.3 Å². The lowest BCUT2D eigenvalue weighted by Crippen LogP contribution is -2.13. The lowest BCUT2D eigenvalue weighted by Gasteiger charge is -2.13. The third kappa shape index (κ3) is 2.45. The Bertz CT molecular complexity index is 250. The summed E-state index contributed by atoms with van der Waals surface area (Å²) in [6.45, 7) is 4.73. The first kappa shape index (κ1) is 10.5. The minimum atomic E-state index is 0.385. The maximum Gasteiger partial charge on any atom is 0.0815 e. The van der Waals surface area contributed by atoms with Crippen molar-refractivity contribution in [2.24, 2.45) is 5.73 Å². The van der Waals surface area contributed by atoms with Crippen LogP contribution >= 0.6 is 11.6 Å². The summed E-state index contributed by atoms with van der Waals surface area (Å²) in [4.78, 5) is 0. The van der Waals surface area contributed by atoms with Crippen LogP contribution in [0.3, 0.4) is 0 Å². The average Bonchev–Trinajstić information content (AvgIpc) is 2.43. The van der Waals surface area contributed by atoms with E-state index in [1.165, 1.54) is 0 Å². The number of rotatable bonds is 4. The van der Waals surface area contributed by atoms with Gasteiger partial charge in [0.2, 0.25) is 0 Å². The number of hydrogen-bond donors (Lipinski definition) is 1. The van der Waals surface area contributed by atoms with E-state index in [0.29, 0.717) is 12.6 Å². The van der Waals surface area contributed by atoms with Crippen molar-refractivity contribution < 1.29 is 0 Å². The highest BCUT2D eigenvalue weighted by Crippen LogP contribution is 2.19. The number of aromatic nitrogens is 2. The first-order valence-corrected chi connectivity index (χ1v) is 4.98. The molecular formula is C9H16ClN3. The summed E-state index contributed by atoms with van der Waals surface area (Å²) in [5.74, 6) is 0. The lowest BCUT2D eigenvalue weighted by atomic mass is 10.1. The van der Waals surface area contributed by atoms with Gasteiger partial charge in [-0.05, 0) is 26.3 Å². The molecule has 1 aromatic rings. The van der Waals surface area contributed by atoms with E-state index in [2.05, 4.69) is 12.0 Å². The molecule has 0 aliphatic heterocycles. The lowest BCUT2D eigenvalue weighted by molar-refractivity contribution is 0.416. The van der Waals surface area contributed by atoms with Crippen molar-refractivity contribution in [3.63, 3.8) is 0 Å². The van der Waals surface area contributed by atoms with Crippen LogP contribution in [0, 0.1) is 6.92 Å². The standard InChI is InChI=1S/C9H16ClN3/c1-3-8(4-5-11)13-6-9(10)7(2)12-13/h6,8H,3-5,11H2,1-2H3. The first-order chi connectivity index (χ1) is 6.19. The smallest absolute Gasteiger partial charge is 0.0815 e. The van der Waals surface area contributed by atoms with Crippen LogP contribution in [-0.2, 0) is 0 Å². The van der Waals surface area contributed by atoms with E-state index in [0.717, 1.165) is 23.6 Å². The van der Waals surface area contributed by atoms with Crippen LogP contribution in [0.4, 0.5) is 0 Å². The van der Waals surface area contributed by atoms with Gasteiger partial charge in [0.05, 0.1) is 16.8 Å². The van der Waals surface area contributed by atoms with E-state index < -0.39 is 0 Å². The zero-order chi connectivity index (χ0) is 9.84. The Morgan fingerprint density at radius 1 is 1.69 bits per heavy atom. The molecule has 3 nitrogen and oxygen atoms in total. The number of nitrogens with zero attached hydrogens (tertiary/aromatic N) is 2. The summed E-state index contributed by atoms with van der Waals surface area (Å²) in [6, 6.07) is 0.385. The summed E-state index contributed by atoms with van der Waals surface area (Å²) in [5.41, 5.74) is 6.40. The zero-order valence-electron chi connectivity index (χ0n) is 8.13. The van der Waals surface area contributed by atoms with Crippen LogP contribution < -0.4 is 5.73 Å². The Balaban J connectivity index is 2.78. The van der Waals surface area contributed by atoms with Gasteiger partial charge in [0.25, 0.3) is 0 Å². The molecule has 1 aromatic heterocycles. The number of halogens is 1. The van der Waals surface area contributed by atoms with Crippen molar-refractivity contribution in [2.75, 3.05) is 6.54 Å². The molecule has 1 unspecified atom stereocenters. The first-order valence-electron chi connectivity index (χ1n) is 4.60. The van der Waals surface area contributed by atoms with Gasteiger partial charge in [-0.15, -0.1) is 0 Å². The van der Waals surface area contributed by atoms with Crippen LogP contribution in [0.2, 0.25) is 5.02 Å². The number of aryl methyl sites for hydroxylation is 1. The van der Waals surface area contributed by atoms with E-state index in [1.807, 2.05) is 17.8 Å². The van der Waals surface area contributed by atoms with Gasteiger partial charge in [0.15, 0.2) is 0 Å². The molecular weight excluding hydrogens is 186 g/mol. The molecule has 0 bridgehead atoms. The van der Waals surface area contributed by atoms with Crippen LogP contribution in [0.5, 0.6) is 0 Å². The maximum atomic E-state index is 5.92. The second kappa shape index (κ2) is 4.63. The van der Waals surface area contributed by atoms with Gasteiger partial charge in [0, 0.05) is 6.20 Å². The Hall–Kier alpha value is -0.540. The van der Waals surface area contributed by atoms with Crippen molar-refractivity contribution in [1.29, 1.82) is 0 Å². The Morgan fingerprint density at radius 3 is 2.77 bits per heavy atom. The molecule has 0 saturated heterocycles. The summed E-state index contributed by atoms with van der Waals surface area (Å²) in [7, 11) is 0. The molecule has 4 heteroatoms. The fraction of sp³-hybridized carbons (Fsp3) is 0.667.